The first kappa shape index (κ1) is 26.3. The lowest BCUT2D eigenvalue weighted by atomic mass is 9.97. The molecule has 10 heteroatoms. The molecular formula is C29H31FN6O3. The van der Waals surface area contributed by atoms with E-state index < -0.39 is 17.5 Å². The molecule has 3 aromatic heterocycles. The number of pyridine rings is 2. The first-order valence-electron chi connectivity index (χ1n) is 12.9. The van der Waals surface area contributed by atoms with Crippen molar-refractivity contribution in [3.63, 3.8) is 0 Å². The van der Waals surface area contributed by atoms with E-state index in [4.69, 9.17) is 4.74 Å². The zero-order chi connectivity index (χ0) is 27.7. The van der Waals surface area contributed by atoms with Crippen LogP contribution in [0.15, 0.2) is 47.8 Å². The summed E-state index contributed by atoms with van der Waals surface area (Å²) in [6.45, 7) is 6.83. The van der Waals surface area contributed by atoms with Crippen molar-refractivity contribution in [2.24, 2.45) is 10.9 Å². The molecule has 0 spiro atoms. The second-order valence-corrected chi connectivity index (χ2v) is 10.7. The Balaban J connectivity index is 1.49. The largest absolute Gasteiger partial charge is 0.442 e. The Hall–Kier alpha value is -4.34. The highest BCUT2D eigenvalue weighted by atomic mass is 19.1. The van der Waals surface area contributed by atoms with Gasteiger partial charge >= 0.3 is 6.09 Å². The third kappa shape index (κ3) is 5.59. The summed E-state index contributed by atoms with van der Waals surface area (Å²) in [5, 5.41) is 4.01. The number of anilines is 1. The fourth-order valence-electron chi connectivity index (χ4n) is 4.94. The van der Waals surface area contributed by atoms with Crippen molar-refractivity contribution in [2.45, 2.75) is 39.2 Å². The van der Waals surface area contributed by atoms with Gasteiger partial charge in [0.25, 0.3) is 5.91 Å². The molecule has 1 aromatic carbocycles. The molecule has 0 radical (unpaired) electrons. The lowest BCUT2D eigenvalue weighted by molar-refractivity contribution is 0.0604. The maximum atomic E-state index is 15.4. The van der Waals surface area contributed by atoms with Gasteiger partial charge in [0.1, 0.15) is 22.6 Å². The number of piperidine rings is 1. The predicted molar refractivity (Wildman–Crippen MR) is 150 cm³/mol. The highest BCUT2D eigenvalue weighted by Gasteiger charge is 2.23. The van der Waals surface area contributed by atoms with Gasteiger partial charge in [-0.05, 0) is 63.4 Å². The molecule has 1 saturated heterocycles. The van der Waals surface area contributed by atoms with E-state index in [9.17, 15) is 9.59 Å². The van der Waals surface area contributed by atoms with Crippen molar-refractivity contribution in [1.82, 2.24) is 20.3 Å². The molecule has 9 nitrogen and oxygen atoms in total. The molecule has 4 heterocycles. The van der Waals surface area contributed by atoms with Crippen LogP contribution in [0.2, 0.25) is 0 Å². The first-order valence-corrected chi connectivity index (χ1v) is 12.9. The number of amides is 2. The average molecular weight is 531 g/mol. The molecule has 1 aliphatic heterocycles. The molecular weight excluding hydrogens is 499 g/mol. The SMILES string of the molecule is CNC(=O)c1cnc2[nH]cc(-c3cc(F)c4nccc(N5CCCC(C=NC(=O)OC(C)(C)C)C5)c4c3)c2c1. The van der Waals surface area contributed by atoms with Gasteiger partial charge in [0, 0.05) is 72.9 Å². The van der Waals surface area contributed by atoms with E-state index in [0.717, 1.165) is 36.0 Å². The van der Waals surface area contributed by atoms with Gasteiger partial charge in [-0.2, -0.15) is 4.99 Å². The number of carbonyl (C=O) groups excluding carboxylic acids is 2. The molecule has 1 unspecified atom stereocenters. The number of aromatic amines is 1. The molecule has 202 valence electrons. The maximum absolute atomic E-state index is 15.4. The molecule has 4 aromatic rings. The van der Waals surface area contributed by atoms with Crippen LogP contribution in [-0.2, 0) is 4.74 Å². The number of aromatic nitrogens is 3. The minimum atomic E-state index is -0.603. The topological polar surface area (TPSA) is 113 Å². The minimum absolute atomic E-state index is 0.0466. The predicted octanol–water partition coefficient (Wildman–Crippen LogP) is 5.50. The van der Waals surface area contributed by atoms with E-state index in [0.29, 0.717) is 28.7 Å². The summed E-state index contributed by atoms with van der Waals surface area (Å²) in [7, 11) is 1.56. The summed E-state index contributed by atoms with van der Waals surface area (Å²) in [4.78, 5) is 42.2. The lowest BCUT2D eigenvalue weighted by Crippen LogP contribution is -2.36. The third-order valence-electron chi connectivity index (χ3n) is 6.69. The number of nitrogens with zero attached hydrogens (tertiary/aromatic N) is 4. The Morgan fingerprint density at radius 3 is 2.82 bits per heavy atom. The van der Waals surface area contributed by atoms with Crippen molar-refractivity contribution in [2.75, 3.05) is 25.0 Å². The van der Waals surface area contributed by atoms with Gasteiger partial charge in [-0.1, -0.05) is 0 Å². The van der Waals surface area contributed by atoms with E-state index in [2.05, 4.69) is 30.2 Å². The van der Waals surface area contributed by atoms with Gasteiger partial charge in [0.15, 0.2) is 0 Å². The van der Waals surface area contributed by atoms with Crippen LogP contribution in [-0.4, -0.2) is 58.9 Å². The fraction of sp³-hybridized carbons (Fsp3) is 0.345. The van der Waals surface area contributed by atoms with Crippen LogP contribution in [0.5, 0.6) is 0 Å². The number of hydrogen-bond acceptors (Lipinski definition) is 6. The number of rotatable bonds is 4. The van der Waals surface area contributed by atoms with Gasteiger partial charge < -0.3 is 19.9 Å². The number of ether oxygens (including phenoxy) is 1. The van der Waals surface area contributed by atoms with Crippen LogP contribution in [0.1, 0.15) is 44.0 Å². The monoisotopic (exact) mass is 530 g/mol. The molecule has 2 amide bonds. The Morgan fingerprint density at radius 2 is 2.05 bits per heavy atom. The van der Waals surface area contributed by atoms with Crippen LogP contribution in [0.3, 0.4) is 0 Å². The van der Waals surface area contributed by atoms with Crippen molar-refractivity contribution in [3.05, 3.63) is 54.2 Å². The molecule has 39 heavy (non-hydrogen) atoms. The average Bonchev–Trinajstić information content (AvgIpc) is 3.34. The van der Waals surface area contributed by atoms with Crippen LogP contribution in [0, 0.1) is 11.7 Å². The number of halogens is 1. The number of fused-ring (bicyclic) bond motifs is 2. The normalized spacial score (nSPS) is 16.2. The van der Waals surface area contributed by atoms with Crippen LogP contribution in [0.4, 0.5) is 14.9 Å². The Labute approximate surface area is 225 Å². The van der Waals surface area contributed by atoms with Gasteiger partial charge in [0.2, 0.25) is 0 Å². The van der Waals surface area contributed by atoms with E-state index >= 15 is 4.39 Å². The molecule has 1 fully saturated rings. The highest BCUT2D eigenvalue weighted by Crippen LogP contribution is 2.36. The quantitative estimate of drug-likeness (QED) is 0.337. The van der Waals surface area contributed by atoms with E-state index in [1.165, 1.54) is 12.3 Å². The summed E-state index contributed by atoms with van der Waals surface area (Å²) >= 11 is 0. The Morgan fingerprint density at radius 1 is 1.23 bits per heavy atom. The molecule has 0 bridgehead atoms. The van der Waals surface area contributed by atoms with E-state index in [1.807, 2.05) is 12.1 Å². The Bertz CT molecular complexity index is 1590. The first-order chi connectivity index (χ1) is 18.6. The van der Waals surface area contributed by atoms with Gasteiger partial charge in [0.05, 0.1) is 5.56 Å². The van der Waals surface area contributed by atoms with Crippen LogP contribution < -0.4 is 10.2 Å². The van der Waals surface area contributed by atoms with Crippen LogP contribution in [0.25, 0.3) is 33.1 Å². The number of hydrogen-bond donors (Lipinski definition) is 2. The van der Waals surface area contributed by atoms with E-state index in [1.54, 1.807) is 52.5 Å². The van der Waals surface area contributed by atoms with Crippen LogP contribution >= 0.6 is 0 Å². The number of nitrogens with one attached hydrogen (secondary N) is 2. The van der Waals surface area contributed by atoms with Gasteiger partial charge in [-0.3, -0.25) is 9.78 Å². The molecule has 5 rings (SSSR count). The second kappa shape index (κ2) is 10.4. The fourth-order valence-corrected chi connectivity index (χ4v) is 4.94. The Kier molecular flexibility index (Phi) is 7.03. The van der Waals surface area contributed by atoms with E-state index in [-0.39, 0.29) is 17.3 Å². The van der Waals surface area contributed by atoms with Gasteiger partial charge in [-0.15, -0.1) is 0 Å². The zero-order valence-corrected chi connectivity index (χ0v) is 22.4. The molecule has 0 saturated carbocycles. The summed E-state index contributed by atoms with van der Waals surface area (Å²) in [5.41, 5.74) is 2.95. The zero-order valence-electron chi connectivity index (χ0n) is 22.4. The van der Waals surface area contributed by atoms with Crippen molar-refractivity contribution in [1.29, 1.82) is 0 Å². The summed E-state index contributed by atoms with van der Waals surface area (Å²) in [6.07, 6.45) is 7.74. The molecule has 1 aliphatic rings. The standard InChI is InChI=1S/C29H31FN6O3/c1-29(2,3)39-28(38)35-13-17-6-5-9-36(16-17)24-7-8-32-25-21(24)10-18(12-23(25)30)22-15-34-26-20(22)11-19(14-33-26)27(37)31-4/h7-8,10-15,17H,5-6,9,16H2,1-4H3,(H,31,37)(H,33,34). The number of aliphatic imine (C=N–C) groups is 1. The van der Waals surface area contributed by atoms with Gasteiger partial charge in [-0.25, -0.2) is 14.2 Å². The number of benzene rings is 1. The number of carbonyl (C=O) groups is 2. The molecule has 0 aliphatic carbocycles. The maximum Gasteiger partial charge on any atom is 0.433 e. The third-order valence-corrected chi connectivity index (χ3v) is 6.69. The molecule has 1 atom stereocenters. The van der Waals surface area contributed by atoms with Crippen molar-refractivity contribution in [3.8, 4) is 11.1 Å². The lowest BCUT2D eigenvalue weighted by Gasteiger charge is -2.33. The second-order valence-electron chi connectivity index (χ2n) is 10.7. The number of H-pyrrole nitrogens is 1. The van der Waals surface area contributed by atoms with Crippen molar-refractivity contribution >= 4 is 45.8 Å². The van der Waals surface area contributed by atoms with Crippen molar-refractivity contribution < 1.29 is 18.7 Å². The summed E-state index contributed by atoms with van der Waals surface area (Å²) in [6, 6.07) is 7.02. The smallest absolute Gasteiger partial charge is 0.433 e. The molecule has 2 N–H and O–H groups in total. The highest BCUT2D eigenvalue weighted by molar-refractivity contribution is 6.03. The summed E-state index contributed by atoms with van der Waals surface area (Å²) in [5.74, 6) is -0.637. The summed E-state index contributed by atoms with van der Waals surface area (Å²) < 4.78 is 20.7. The minimum Gasteiger partial charge on any atom is -0.442 e.